The monoisotopic (exact) mass is 464 g/mol. The number of halogens is 1. The van der Waals surface area contributed by atoms with Gasteiger partial charge < -0.3 is 14.8 Å². The third kappa shape index (κ3) is 7.33. The maximum Gasteiger partial charge on any atom is 0.269 e. The number of ether oxygens (including phenoxy) is 2. The lowest BCUT2D eigenvalue weighted by Crippen LogP contribution is -2.16. The summed E-state index contributed by atoms with van der Waals surface area (Å²) >= 11 is 3.62. The highest BCUT2D eigenvalue weighted by atomic mass is 79.9. The molecule has 0 saturated heterocycles. The smallest absolute Gasteiger partial charge is 0.269 e. The van der Waals surface area contributed by atoms with Gasteiger partial charge in [0.2, 0.25) is 0 Å². The molecular weight excluding hydrogens is 436 g/mol. The number of non-ortho nitro benzene ring substituents is 1. The van der Waals surface area contributed by atoms with Crippen LogP contribution in [0.2, 0.25) is 0 Å². The van der Waals surface area contributed by atoms with Gasteiger partial charge in [0.05, 0.1) is 12.0 Å². The van der Waals surface area contributed by atoms with Crippen LogP contribution in [-0.4, -0.2) is 18.6 Å². The van der Waals surface area contributed by atoms with E-state index in [1.807, 2.05) is 12.1 Å². The van der Waals surface area contributed by atoms with Crippen molar-refractivity contribution in [2.24, 2.45) is 0 Å². The van der Waals surface area contributed by atoms with Gasteiger partial charge in [0.25, 0.3) is 5.69 Å². The fraction of sp³-hybridized carbons (Fsp3) is 0.455. The Morgan fingerprint density at radius 1 is 1.07 bits per heavy atom. The molecule has 0 aliphatic carbocycles. The molecule has 0 spiro atoms. The number of rotatable bonds is 13. The molecule has 0 radical (unpaired) electrons. The summed E-state index contributed by atoms with van der Waals surface area (Å²) < 4.78 is 12.5. The average molecular weight is 465 g/mol. The number of nitro groups is 1. The zero-order valence-corrected chi connectivity index (χ0v) is 18.7. The molecule has 0 atom stereocenters. The van der Waals surface area contributed by atoms with Crippen molar-refractivity contribution in [1.29, 1.82) is 0 Å². The second-order valence-corrected chi connectivity index (χ2v) is 7.71. The number of nitro benzene ring substituents is 1. The first-order chi connectivity index (χ1) is 14.1. The van der Waals surface area contributed by atoms with Crippen LogP contribution in [0.15, 0.2) is 40.9 Å². The van der Waals surface area contributed by atoms with Gasteiger partial charge >= 0.3 is 0 Å². The Balaban J connectivity index is 2.01. The molecule has 0 aliphatic heterocycles. The number of hydrogen-bond donors (Lipinski definition) is 1. The van der Waals surface area contributed by atoms with Crippen LogP contribution in [0, 0.1) is 10.1 Å². The van der Waals surface area contributed by atoms with Crippen LogP contribution in [0.25, 0.3) is 0 Å². The summed E-state index contributed by atoms with van der Waals surface area (Å²) in [5.41, 5.74) is 1.92. The van der Waals surface area contributed by atoms with Crippen molar-refractivity contribution in [3.63, 3.8) is 0 Å². The summed E-state index contributed by atoms with van der Waals surface area (Å²) in [6.45, 7) is 4.14. The molecule has 0 fully saturated rings. The molecule has 2 aromatic rings. The van der Waals surface area contributed by atoms with Crippen molar-refractivity contribution in [3.05, 3.63) is 62.1 Å². The van der Waals surface area contributed by atoms with Crippen molar-refractivity contribution < 1.29 is 14.4 Å². The fourth-order valence-corrected chi connectivity index (χ4v) is 3.45. The molecular formula is C22H29BrN2O4. The Labute approximate surface area is 180 Å². The normalized spacial score (nSPS) is 10.7. The first-order valence-corrected chi connectivity index (χ1v) is 10.8. The molecule has 0 saturated carbocycles. The second kappa shape index (κ2) is 12.4. The maximum atomic E-state index is 10.8. The Hall–Kier alpha value is -2.12. The third-order valence-electron chi connectivity index (χ3n) is 4.68. The van der Waals surface area contributed by atoms with Crippen LogP contribution in [0.3, 0.4) is 0 Å². The van der Waals surface area contributed by atoms with E-state index in [2.05, 4.69) is 28.2 Å². The van der Waals surface area contributed by atoms with E-state index in [4.69, 9.17) is 9.47 Å². The van der Waals surface area contributed by atoms with Gasteiger partial charge in [-0.2, -0.15) is 0 Å². The van der Waals surface area contributed by atoms with Crippen LogP contribution in [0.4, 0.5) is 5.69 Å². The highest BCUT2D eigenvalue weighted by molar-refractivity contribution is 9.10. The van der Waals surface area contributed by atoms with E-state index in [0.717, 1.165) is 28.6 Å². The summed E-state index contributed by atoms with van der Waals surface area (Å²) in [7, 11) is 1.62. The molecule has 0 unspecified atom stereocenters. The van der Waals surface area contributed by atoms with E-state index in [1.165, 1.54) is 37.8 Å². The molecule has 7 heteroatoms. The van der Waals surface area contributed by atoms with Crippen molar-refractivity contribution >= 4 is 21.6 Å². The molecule has 158 valence electrons. The first-order valence-electron chi connectivity index (χ1n) is 9.99. The number of hydrogen-bond acceptors (Lipinski definition) is 5. The largest absolute Gasteiger partial charge is 0.493 e. The van der Waals surface area contributed by atoms with Gasteiger partial charge in [-0.05, 0) is 42.8 Å². The second-order valence-electron chi connectivity index (χ2n) is 6.86. The van der Waals surface area contributed by atoms with E-state index in [9.17, 15) is 10.1 Å². The lowest BCUT2D eigenvalue weighted by atomic mass is 10.1. The van der Waals surface area contributed by atoms with Gasteiger partial charge in [0.15, 0.2) is 11.5 Å². The fourth-order valence-electron chi connectivity index (χ4n) is 3.00. The Morgan fingerprint density at radius 2 is 1.79 bits per heavy atom. The molecule has 6 nitrogen and oxygen atoms in total. The number of benzene rings is 2. The van der Waals surface area contributed by atoms with Gasteiger partial charge in [0, 0.05) is 28.7 Å². The topological polar surface area (TPSA) is 73.6 Å². The summed E-state index contributed by atoms with van der Waals surface area (Å²) in [4.78, 5) is 10.4. The molecule has 0 aliphatic rings. The van der Waals surface area contributed by atoms with Crippen LogP contribution >= 0.6 is 15.9 Å². The third-order valence-corrected chi connectivity index (χ3v) is 5.42. The van der Waals surface area contributed by atoms with Gasteiger partial charge in [-0.3, -0.25) is 10.1 Å². The molecule has 29 heavy (non-hydrogen) atoms. The Morgan fingerprint density at radius 3 is 2.45 bits per heavy atom. The summed E-state index contributed by atoms with van der Waals surface area (Å²) in [5, 5.41) is 14.3. The van der Waals surface area contributed by atoms with Crippen LogP contribution in [0.1, 0.15) is 50.2 Å². The van der Waals surface area contributed by atoms with E-state index in [0.29, 0.717) is 24.7 Å². The minimum Gasteiger partial charge on any atom is -0.493 e. The predicted octanol–water partition coefficient (Wildman–Crippen LogP) is 6.00. The molecule has 0 aromatic heterocycles. The zero-order valence-electron chi connectivity index (χ0n) is 17.1. The molecule has 0 bridgehead atoms. The summed E-state index contributed by atoms with van der Waals surface area (Å²) in [5.74, 6) is 1.34. The summed E-state index contributed by atoms with van der Waals surface area (Å²) in [6.07, 6.45) is 6.22. The molecule has 2 aromatic carbocycles. The van der Waals surface area contributed by atoms with Gasteiger partial charge in [0.1, 0.15) is 6.61 Å². The number of unbranched alkanes of at least 4 members (excludes halogenated alkanes) is 4. The molecule has 2 rings (SSSR count). The summed E-state index contributed by atoms with van der Waals surface area (Å²) in [6, 6.07) is 10.2. The molecule has 0 heterocycles. The maximum absolute atomic E-state index is 10.8. The highest BCUT2D eigenvalue weighted by Gasteiger charge is 2.15. The quantitative estimate of drug-likeness (QED) is 0.223. The Kier molecular flexibility index (Phi) is 9.94. The number of nitrogens with one attached hydrogen (secondary N) is 1. The van der Waals surface area contributed by atoms with Crippen molar-refractivity contribution in [3.8, 4) is 11.5 Å². The molecule has 1 N–H and O–H groups in total. The van der Waals surface area contributed by atoms with Crippen LogP contribution < -0.4 is 14.8 Å². The molecule has 0 amide bonds. The minimum absolute atomic E-state index is 0.0672. The Bertz CT molecular complexity index is 781. The van der Waals surface area contributed by atoms with E-state index >= 15 is 0 Å². The van der Waals surface area contributed by atoms with Crippen molar-refractivity contribution in [1.82, 2.24) is 5.32 Å². The number of methoxy groups -OCH3 is 1. The number of nitrogens with zero attached hydrogens (tertiary/aromatic N) is 1. The standard InChI is InChI=1S/C22H29BrN2O4/c1-3-4-5-6-7-14-24-15-19-20(23)12-13-21(28-2)22(19)29-16-17-8-10-18(11-9-17)25(26)27/h8-13,24H,3-7,14-16H2,1-2H3. The zero-order chi connectivity index (χ0) is 21.1. The van der Waals surface area contributed by atoms with Gasteiger partial charge in [-0.1, -0.05) is 48.5 Å². The van der Waals surface area contributed by atoms with E-state index < -0.39 is 4.92 Å². The van der Waals surface area contributed by atoms with E-state index in [1.54, 1.807) is 19.2 Å². The lowest BCUT2D eigenvalue weighted by molar-refractivity contribution is -0.384. The SMILES string of the molecule is CCCCCCCNCc1c(Br)ccc(OC)c1OCc1ccc([N+](=O)[O-])cc1. The van der Waals surface area contributed by atoms with Crippen LogP contribution in [0.5, 0.6) is 11.5 Å². The average Bonchev–Trinajstić information content (AvgIpc) is 2.73. The predicted molar refractivity (Wildman–Crippen MR) is 119 cm³/mol. The minimum atomic E-state index is -0.409. The van der Waals surface area contributed by atoms with Crippen molar-refractivity contribution in [2.45, 2.75) is 52.2 Å². The van der Waals surface area contributed by atoms with Crippen molar-refractivity contribution in [2.75, 3.05) is 13.7 Å². The first kappa shape index (κ1) is 23.2. The van der Waals surface area contributed by atoms with E-state index in [-0.39, 0.29) is 5.69 Å². The van der Waals surface area contributed by atoms with Gasteiger partial charge in [-0.15, -0.1) is 0 Å². The highest BCUT2D eigenvalue weighted by Crippen LogP contribution is 2.36. The lowest BCUT2D eigenvalue weighted by Gasteiger charge is -2.17. The van der Waals surface area contributed by atoms with Gasteiger partial charge in [-0.25, -0.2) is 0 Å². The van der Waals surface area contributed by atoms with Crippen LogP contribution in [-0.2, 0) is 13.2 Å².